The monoisotopic (exact) mass is 296 g/mol. The fourth-order valence-corrected chi connectivity index (χ4v) is 3.64. The molecule has 0 aromatic rings. The Labute approximate surface area is 124 Å². The van der Waals surface area contributed by atoms with Crippen LogP contribution in [-0.4, -0.2) is 61.1 Å². The van der Waals surface area contributed by atoms with Gasteiger partial charge in [0.05, 0.1) is 18.2 Å². The van der Waals surface area contributed by atoms with Crippen molar-refractivity contribution in [2.24, 2.45) is 5.41 Å². The van der Waals surface area contributed by atoms with E-state index >= 15 is 0 Å². The van der Waals surface area contributed by atoms with E-state index in [2.05, 4.69) is 30.0 Å². The second kappa shape index (κ2) is 4.55. The molecule has 21 heavy (non-hydrogen) atoms. The predicted molar refractivity (Wildman–Crippen MR) is 75.3 cm³/mol. The van der Waals surface area contributed by atoms with E-state index in [4.69, 9.17) is 9.57 Å². The number of carbonyl (C=O) groups is 1. The lowest BCUT2D eigenvalue weighted by Gasteiger charge is -2.40. The third-order valence-electron chi connectivity index (χ3n) is 5.36. The van der Waals surface area contributed by atoms with Gasteiger partial charge >= 0.3 is 6.03 Å². The lowest BCUT2D eigenvalue weighted by Crippen LogP contribution is -2.51. The molecular formula is C14H24N4O3. The van der Waals surface area contributed by atoms with Crippen molar-refractivity contribution < 1.29 is 14.4 Å². The van der Waals surface area contributed by atoms with Gasteiger partial charge in [-0.25, -0.2) is 4.79 Å². The van der Waals surface area contributed by atoms with E-state index in [1.165, 1.54) is 0 Å². The first kappa shape index (κ1) is 13.8. The number of piperidine rings is 1. The van der Waals surface area contributed by atoms with Gasteiger partial charge in [-0.05, 0) is 25.3 Å². The van der Waals surface area contributed by atoms with Gasteiger partial charge in [-0.3, -0.25) is 4.84 Å². The Kier molecular flexibility index (Phi) is 2.98. The number of hydroxylamine groups is 1. The quantitative estimate of drug-likeness (QED) is 0.483. The van der Waals surface area contributed by atoms with Gasteiger partial charge in [0.15, 0.2) is 6.23 Å². The zero-order valence-corrected chi connectivity index (χ0v) is 12.8. The summed E-state index contributed by atoms with van der Waals surface area (Å²) in [6, 6.07) is 0.890. The molecule has 1 saturated carbocycles. The summed E-state index contributed by atoms with van der Waals surface area (Å²) in [6.45, 7) is 5.22. The Morgan fingerprint density at radius 3 is 3.00 bits per heavy atom. The van der Waals surface area contributed by atoms with Crippen LogP contribution in [0.4, 0.5) is 4.79 Å². The lowest BCUT2D eigenvalue weighted by molar-refractivity contribution is -0.000807. The first-order chi connectivity index (χ1) is 9.99. The third-order valence-corrected chi connectivity index (χ3v) is 5.36. The van der Waals surface area contributed by atoms with Gasteiger partial charge in [0, 0.05) is 12.6 Å². The molecule has 1 aliphatic carbocycles. The van der Waals surface area contributed by atoms with Crippen LogP contribution in [0.15, 0.2) is 0 Å². The molecule has 0 aromatic carbocycles. The van der Waals surface area contributed by atoms with Crippen LogP contribution in [0.3, 0.4) is 0 Å². The molecule has 7 nitrogen and oxygen atoms in total. The number of nitrogens with one attached hydrogen (secondary N) is 3. The molecule has 118 valence electrons. The van der Waals surface area contributed by atoms with Gasteiger partial charge in [0.2, 0.25) is 0 Å². The molecule has 0 spiro atoms. The van der Waals surface area contributed by atoms with Crippen molar-refractivity contribution >= 4 is 6.03 Å². The molecule has 3 saturated heterocycles. The van der Waals surface area contributed by atoms with Crippen molar-refractivity contribution in [1.82, 2.24) is 21.0 Å². The Morgan fingerprint density at radius 2 is 2.29 bits per heavy atom. The van der Waals surface area contributed by atoms with Crippen LogP contribution in [0.2, 0.25) is 0 Å². The summed E-state index contributed by atoms with van der Waals surface area (Å²) in [6.07, 6.45) is 2.19. The fourth-order valence-electron chi connectivity index (χ4n) is 3.64. The van der Waals surface area contributed by atoms with Gasteiger partial charge in [-0.15, -0.1) is 0 Å². The number of hydrogen-bond donors (Lipinski definition) is 3. The SMILES string of the molecule is CNC1CC1ONC1OC1C1CC(C)(C)C2CN1C(=O)N2. The number of ether oxygens (including phenoxy) is 1. The summed E-state index contributed by atoms with van der Waals surface area (Å²) in [4.78, 5) is 19.6. The number of fused-ring (bicyclic) bond motifs is 2. The minimum absolute atomic E-state index is 0.0425. The maximum absolute atomic E-state index is 12.1. The maximum Gasteiger partial charge on any atom is 0.318 e. The van der Waals surface area contributed by atoms with E-state index in [0.717, 1.165) is 19.4 Å². The molecular weight excluding hydrogens is 272 g/mol. The minimum atomic E-state index is -0.0890. The molecule has 4 aliphatic rings. The number of nitrogens with zero attached hydrogens (tertiary/aromatic N) is 1. The molecule has 3 heterocycles. The molecule has 4 rings (SSSR count). The fraction of sp³-hybridized carbons (Fsp3) is 0.929. The average Bonchev–Trinajstić information content (AvgIpc) is 3.31. The van der Waals surface area contributed by atoms with E-state index in [1.54, 1.807) is 0 Å². The molecule has 7 heteroatoms. The molecule has 3 N–H and O–H groups in total. The van der Waals surface area contributed by atoms with E-state index in [-0.39, 0.29) is 42.0 Å². The minimum Gasteiger partial charge on any atom is -0.349 e. The molecule has 6 unspecified atom stereocenters. The highest BCUT2D eigenvalue weighted by molar-refractivity contribution is 5.78. The summed E-state index contributed by atoms with van der Waals surface area (Å²) in [5.74, 6) is 0. The summed E-state index contributed by atoms with van der Waals surface area (Å²) in [5, 5.41) is 6.26. The van der Waals surface area contributed by atoms with Crippen molar-refractivity contribution in [2.45, 2.75) is 63.3 Å². The molecule has 4 fully saturated rings. The Balaban J connectivity index is 1.34. The number of carbonyl (C=O) groups excluding carboxylic acids is 1. The van der Waals surface area contributed by atoms with E-state index in [0.29, 0.717) is 6.04 Å². The smallest absolute Gasteiger partial charge is 0.318 e. The second-order valence-corrected chi connectivity index (χ2v) is 7.34. The zero-order valence-electron chi connectivity index (χ0n) is 12.8. The van der Waals surface area contributed by atoms with Crippen LogP contribution in [0.5, 0.6) is 0 Å². The Hall–Kier alpha value is -0.890. The Bertz CT molecular complexity index is 458. The van der Waals surface area contributed by atoms with Gasteiger partial charge in [-0.1, -0.05) is 13.8 Å². The summed E-state index contributed by atoms with van der Waals surface area (Å²) < 4.78 is 5.72. The largest absolute Gasteiger partial charge is 0.349 e. The number of epoxide rings is 1. The number of amides is 2. The van der Waals surface area contributed by atoms with Gasteiger partial charge < -0.3 is 20.3 Å². The molecule has 0 aromatic heterocycles. The van der Waals surface area contributed by atoms with Crippen LogP contribution in [0, 0.1) is 5.41 Å². The zero-order chi connectivity index (χ0) is 14.8. The van der Waals surface area contributed by atoms with Gasteiger partial charge in [-0.2, -0.15) is 5.48 Å². The van der Waals surface area contributed by atoms with Crippen molar-refractivity contribution in [1.29, 1.82) is 0 Å². The standard InChI is InChI=1S/C14H24N4O3/c1-14(2)5-8(18-6-10(14)16-13(18)19)11-12(20-11)17-21-9-4-7(9)15-3/h7-12,15,17H,4-6H2,1-3H3,(H,16,19). The van der Waals surface area contributed by atoms with Crippen molar-refractivity contribution in [3.05, 3.63) is 0 Å². The van der Waals surface area contributed by atoms with E-state index < -0.39 is 0 Å². The molecule has 0 radical (unpaired) electrons. The summed E-state index contributed by atoms with van der Waals surface area (Å²) in [5.41, 5.74) is 3.12. The molecule has 3 aliphatic heterocycles. The first-order valence-electron chi connectivity index (χ1n) is 7.80. The summed E-state index contributed by atoms with van der Waals surface area (Å²) >= 11 is 0. The highest BCUT2D eigenvalue weighted by Gasteiger charge is 2.57. The first-order valence-corrected chi connectivity index (χ1v) is 7.80. The number of urea groups is 1. The van der Waals surface area contributed by atoms with Crippen molar-refractivity contribution in [3.63, 3.8) is 0 Å². The van der Waals surface area contributed by atoms with Crippen LogP contribution in [-0.2, 0) is 9.57 Å². The number of likely N-dealkylation sites (N-methyl/N-ethyl adjacent to an activating group) is 1. The van der Waals surface area contributed by atoms with Crippen LogP contribution in [0.1, 0.15) is 26.7 Å². The van der Waals surface area contributed by atoms with Gasteiger partial charge in [0.25, 0.3) is 0 Å². The lowest BCUT2D eigenvalue weighted by atomic mass is 9.75. The Morgan fingerprint density at radius 1 is 1.48 bits per heavy atom. The molecule has 2 bridgehead atoms. The topological polar surface area (TPSA) is 78.2 Å². The summed E-state index contributed by atoms with van der Waals surface area (Å²) in [7, 11) is 1.94. The number of rotatable bonds is 5. The van der Waals surface area contributed by atoms with Gasteiger partial charge in [0.1, 0.15) is 6.10 Å². The number of hydrogen-bond acceptors (Lipinski definition) is 5. The maximum atomic E-state index is 12.1. The van der Waals surface area contributed by atoms with E-state index in [1.807, 2.05) is 11.9 Å². The van der Waals surface area contributed by atoms with Crippen LogP contribution >= 0.6 is 0 Å². The second-order valence-electron chi connectivity index (χ2n) is 7.34. The molecule has 6 atom stereocenters. The van der Waals surface area contributed by atoms with E-state index in [9.17, 15) is 4.79 Å². The third kappa shape index (κ3) is 2.32. The average molecular weight is 296 g/mol. The molecule has 2 amide bonds. The highest BCUT2D eigenvalue weighted by atomic mass is 16.7. The highest BCUT2D eigenvalue weighted by Crippen LogP contribution is 2.43. The van der Waals surface area contributed by atoms with Crippen LogP contribution in [0.25, 0.3) is 0 Å². The van der Waals surface area contributed by atoms with Crippen molar-refractivity contribution in [2.75, 3.05) is 13.6 Å². The van der Waals surface area contributed by atoms with Crippen LogP contribution < -0.4 is 16.1 Å². The normalized spacial score (nSPS) is 46.4. The predicted octanol–water partition coefficient (Wildman–Crippen LogP) is -0.215. The van der Waals surface area contributed by atoms with Crippen molar-refractivity contribution in [3.8, 4) is 0 Å².